The summed E-state index contributed by atoms with van der Waals surface area (Å²) in [7, 11) is 0. The molecule has 0 nitrogen and oxygen atoms in total. The van der Waals surface area contributed by atoms with Crippen LogP contribution in [0.3, 0.4) is 0 Å². The number of benzene rings is 2. The van der Waals surface area contributed by atoms with Crippen LogP contribution in [0.4, 0.5) is 0 Å². The smallest absolute Gasteiger partial charge is 0.0178 e. The van der Waals surface area contributed by atoms with E-state index in [1.165, 1.54) is 22.3 Å². The molecular formula is C18H14. The van der Waals surface area contributed by atoms with E-state index < -0.39 is 0 Å². The van der Waals surface area contributed by atoms with E-state index in [-0.39, 0.29) is 0 Å². The lowest BCUT2D eigenvalue weighted by molar-refractivity contribution is 1.48. The maximum atomic E-state index is 2.22. The molecule has 1 aliphatic rings. The summed E-state index contributed by atoms with van der Waals surface area (Å²) in [5.41, 5.74) is 5.08. The molecule has 0 atom stereocenters. The van der Waals surface area contributed by atoms with Crippen LogP contribution in [0.5, 0.6) is 0 Å². The highest BCUT2D eigenvalue weighted by Gasteiger charge is 2.07. The van der Waals surface area contributed by atoms with Gasteiger partial charge in [0.2, 0.25) is 0 Å². The Bertz CT molecular complexity index is 556. The first-order chi connectivity index (χ1) is 8.92. The van der Waals surface area contributed by atoms with E-state index in [4.69, 9.17) is 0 Å². The molecule has 0 heteroatoms. The summed E-state index contributed by atoms with van der Waals surface area (Å²) in [6, 6.07) is 20.8. The van der Waals surface area contributed by atoms with E-state index in [1.54, 1.807) is 0 Å². The lowest BCUT2D eigenvalue weighted by atomic mass is 9.91. The first-order valence-corrected chi connectivity index (χ1v) is 6.14. The second-order valence-electron chi connectivity index (χ2n) is 4.35. The van der Waals surface area contributed by atoms with Gasteiger partial charge in [0.1, 0.15) is 0 Å². The highest BCUT2D eigenvalue weighted by atomic mass is 14.1. The molecule has 0 aromatic heterocycles. The number of hydrogen-bond donors (Lipinski definition) is 0. The summed E-state index contributed by atoms with van der Waals surface area (Å²) >= 11 is 0. The van der Waals surface area contributed by atoms with Crippen LogP contribution in [0.1, 0.15) is 11.1 Å². The topological polar surface area (TPSA) is 0 Å². The predicted molar refractivity (Wildman–Crippen MR) is 78.0 cm³/mol. The van der Waals surface area contributed by atoms with Crippen molar-refractivity contribution in [1.29, 1.82) is 0 Å². The highest BCUT2D eigenvalue weighted by Crippen LogP contribution is 2.28. The molecule has 3 rings (SSSR count). The maximum Gasteiger partial charge on any atom is -0.0178 e. The van der Waals surface area contributed by atoms with Gasteiger partial charge in [-0.2, -0.15) is 0 Å². The third-order valence-corrected chi connectivity index (χ3v) is 3.02. The van der Waals surface area contributed by atoms with Crippen LogP contribution in [0, 0.1) is 0 Å². The van der Waals surface area contributed by atoms with Gasteiger partial charge in [0.15, 0.2) is 0 Å². The zero-order valence-electron chi connectivity index (χ0n) is 10.1. The molecule has 0 radical (unpaired) electrons. The lowest BCUT2D eigenvalue weighted by Crippen LogP contribution is -1.93. The number of rotatable bonds is 2. The summed E-state index contributed by atoms with van der Waals surface area (Å²) in [6.07, 6.45) is 8.74. The first-order valence-electron chi connectivity index (χ1n) is 6.14. The fourth-order valence-corrected chi connectivity index (χ4v) is 2.00. The molecule has 86 valence electrons. The molecule has 0 bridgehead atoms. The van der Waals surface area contributed by atoms with Gasteiger partial charge in [-0.15, -0.1) is 0 Å². The Hall–Kier alpha value is -2.34. The molecule has 2 aromatic carbocycles. The summed E-state index contributed by atoms with van der Waals surface area (Å²) in [6.45, 7) is 0. The standard InChI is InChI=1S/C18H14/c1-3-7-15(8-4-1)13-17-11-12-18(17)14-16-9-5-2-6-10-16/h1-14H. The average molecular weight is 230 g/mol. The third kappa shape index (κ3) is 2.33. The fourth-order valence-electron chi connectivity index (χ4n) is 2.00. The van der Waals surface area contributed by atoms with E-state index in [0.717, 1.165) is 0 Å². The van der Waals surface area contributed by atoms with Crippen molar-refractivity contribution in [3.8, 4) is 0 Å². The van der Waals surface area contributed by atoms with Crippen LogP contribution < -0.4 is 0 Å². The number of hydrogen-bond acceptors (Lipinski definition) is 0. The van der Waals surface area contributed by atoms with Gasteiger partial charge >= 0.3 is 0 Å². The van der Waals surface area contributed by atoms with Crippen molar-refractivity contribution in [3.63, 3.8) is 0 Å². The van der Waals surface area contributed by atoms with Crippen LogP contribution in [0.2, 0.25) is 0 Å². The van der Waals surface area contributed by atoms with Crippen molar-refractivity contribution in [2.45, 2.75) is 0 Å². The summed E-state index contributed by atoms with van der Waals surface area (Å²) in [5.74, 6) is 0. The molecule has 18 heavy (non-hydrogen) atoms. The van der Waals surface area contributed by atoms with Crippen LogP contribution >= 0.6 is 0 Å². The minimum atomic E-state index is 1.25. The van der Waals surface area contributed by atoms with Crippen molar-refractivity contribution in [1.82, 2.24) is 0 Å². The molecule has 0 spiro atoms. The summed E-state index contributed by atoms with van der Waals surface area (Å²) < 4.78 is 0. The second kappa shape index (κ2) is 4.89. The maximum absolute atomic E-state index is 2.22. The largest absolute Gasteiger partial charge is 0.0622 e. The average Bonchev–Trinajstić information content (AvgIpc) is 2.43. The molecule has 0 amide bonds. The Morgan fingerprint density at radius 2 is 0.889 bits per heavy atom. The highest BCUT2D eigenvalue weighted by molar-refractivity contribution is 5.77. The zero-order valence-corrected chi connectivity index (χ0v) is 10.1. The molecule has 0 heterocycles. The van der Waals surface area contributed by atoms with Gasteiger partial charge < -0.3 is 0 Å². The molecular weight excluding hydrogens is 216 g/mol. The van der Waals surface area contributed by atoms with Crippen LogP contribution in [-0.4, -0.2) is 0 Å². The zero-order chi connectivity index (χ0) is 12.2. The van der Waals surface area contributed by atoms with Gasteiger partial charge in [-0.1, -0.05) is 72.8 Å². The Morgan fingerprint density at radius 1 is 0.500 bits per heavy atom. The second-order valence-corrected chi connectivity index (χ2v) is 4.35. The van der Waals surface area contributed by atoms with Crippen LogP contribution in [-0.2, 0) is 0 Å². The quantitative estimate of drug-likeness (QED) is 0.700. The summed E-state index contributed by atoms with van der Waals surface area (Å²) in [5, 5.41) is 0. The van der Waals surface area contributed by atoms with Gasteiger partial charge in [-0.25, -0.2) is 0 Å². The molecule has 0 saturated carbocycles. The van der Waals surface area contributed by atoms with Gasteiger partial charge in [0.25, 0.3) is 0 Å². The van der Waals surface area contributed by atoms with Crippen molar-refractivity contribution >= 4 is 12.2 Å². The number of allylic oxidation sites excluding steroid dienone is 4. The molecule has 0 aliphatic heterocycles. The van der Waals surface area contributed by atoms with Gasteiger partial charge in [-0.05, 0) is 34.4 Å². The van der Waals surface area contributed by atoms with Crippen LogP contribution in [0.15, 0.2) is 84.0 Å². The molecule has 2 aromatic rings. The lowest BCUT2D eigenvalue weighted by Gasteiger charge is -2.13. The molecule has 0 fully saturated rings. The molecule has 0 unspecified atom stereocenters. The minimum Gasteiger partial charge on any atom is -0.0622 e. The van der Waals surface area contributed by atoms with Crippen molar-refractivity contribution in [2.24, 2.45) is 0 Å². The van der Waals surface area contributed by atoms with Gasteiger partial charge in [-0.3, -0.25) is 0 Å². The third-order valence-electron chi connectivity index (χ3n) is 3.02. The van der Waals surface area contributed by atoms with E-state index in [2.05, 4.69) is 72.8 Å². The monoisotopic (exact) mass is 230 g/mol. The van der Waals surface area contributed by atoms with E-state index in [1.807, 2.05) is 12.1 Å². The predicted octanol–water partition coefficient (Wildman–Crippen LogP) is 4.72. The van der Waals surface area contributed by atoms with E-state index >= 15 is 0 Å². The van der Waals surface area contributed by atoms with Crippen molar-refractivity contribution in [2.75, 3.05) is 0 Å². The Kier molecular flexibility index (Phi) is 2.93. The van der Waals surface area contributed by atoms with Gasteiger partial charge in [0, 0.05) is 0 Å². The van der Waals surface area contributed by atoms with E-state index in [9.17, 15) is 0 Å². The fraction of sp³-hybridized carbons (Fsp3) is 0. The van der Waals surface area contributed by atoms with Crippen molar-refractivity contribution in [3.05, 3.63) is 95.1 Å². The first kappa shape index (κ1) is 10.8. The Labute approximate surface area is 108 Å². The van der Waals surface area contributed by atoms with Crippen LogP contribution in [0.25, 0.3) is 12.2 Å². The SMILES string of the molecule is C1=CC(=Cc2ccccc2)C1=Cc1ccccc1. The summed E-state index contributed by atoms with van der Waals surface area (Å²) in [4.78, 5) is 0. The minimum absolute atomic E-state index is 1.25. The normalized spacial score (nSPS) is 18.0. The molecule has 1 aliphatic carbocycles. The Morgan fingerprint density at radius 3 is 1.22 bits per heavy atom. The van der Waals surface area contributed by atoms with Crippen molar-refractivity contribution < 1.29 is 0 Å². The Balaban J connectivity index is 1.87. The van der Waals surface area contributed by atoms with E-state index in [0.29, 0.717) is 0 Å². The molecule has 0 saturated heterocycles. The molecule has 0 N–H and O–H groups in total. The van der Waals surface area contributed by atoms with Gasteiger partial charge in [0.05, 0.1) is 0 Å².